The van der Waals surface area contributed by atoms with Crippen LogP contribution in [0.1, 0.15) is 29.0 Å². The van der Waals surface area contributed by atoms with Crippen LogP contribution < -0.4 is 0 Å². The van der Waals surface area contributed by atoms with Crippen LogP contribution >= 0.6 is 0 Å². The minimum atomic E-state index is 0.183. The number of nitrogens with zero attached hydrogens (tertiary/aromatic N) is 2. The summed E-state index contributed by atoms with van der Waals surface area (Å²) < 4.78 is 5.79. The van der Waals surface area contributed by atoms with Gasteiger partial charge in [-0.15, -0.1) is 0 Å². The Bertz CT molecular complexity index is 915. The maximum Gasteiger partial charge on any atom is 0.226 e. The van der Waals surface area contributed by atoms with E-state index in [0.717, 1.165) is 30.0 Å². The number of benzene rings is 2. The number of amides is 1. The fourth-order valence-corrected chi connectivity index (χ4v) is 3.46. The van der Waals surface area contributed by atoms with Crippen molar-refractivity contribution in [2.45, 2.75) is 32.7 Å². The van der Waals surface area contributed by atoms with Crippen LogP contribution in [0.4, 0.5) is 0 Å². The Morgan fingerprint density at radius 2 is 1.81 bits per heavy atom. The molecule has 0 saturated carbocycles. The van der Waals surface area contributed by atoms with Crippen LogP contribution in [0.5, 0.6) is 0 Å². The first kappa shape index (κ1) is 16.6. The number of fused-ring (bicyclic) bond motifs is 1. The highest BCUT2D eigenvalue weighted by molar-refractivity contribution is 5.76. The zero-order valence-corrected chi connectivity index (χ0v) is 14.9. The summed E-state index contributed by atoms with van der Waals surface area (Å²) in [6, 6.07) is 18.2. The molecule has 0 unspecified atom stereocenters. The van der Waals surface area contributed by atoms with E-state index in [-0.39, 0.29) is 5.91 Å². The molecule has 3 aromatic rings. The van der Waals surface area contributed by atoms with Gasteiger partial charge >= 0.3 is 0 Å². The molecule has 4 rings (SSSR count). The number of hydrogen-bond acceptors (Lipinski definition) is 3. The van der Waals surface area contributed by atoms with Gasteiger partial charge in [0.2, 0.25) is 11.8 Å². The molecular weight excluding hydrogens is 324 g/mol. The van der Waals surface area contributed by atoms with Gasteiger partial charge in [-0.05, 0) is 36.6 Å². The molecule has 0 fully saturated rings. The number of oxazole rings is 1. The van der Waals surface area contributed by atoms with Crippen LogP contribution in [0.2, 0.25) is 0 Å². The molecule has 4 nitrogen and oxygen atoms in total. The van der Waals surface area contributed by atoms with Crippen molar-refractivity contribution in [2.24, 2.45) is 0 Å². The summed E-state index contributed by atoms with van der Waals surface area (Å²) in [4.78, 5) is 19.2. The van der Waals surface area contributed by atoms with E-state index >= 15 is 0 Å². The van der Waals surface area contributed by atoms with Gasteiger partial charge in [-0.2, -0.15) is 0 Å². The fourth-order valence-electron chi connectivity index (χ4n) is 3.46. The van der Waals surface area contributed by atoms with E-state index in [2.05, 4.69) is 23.2 Å². The molecule has 1 aliphatic rings. The van der Waals surface area contributed by atoms with Crippen molar-refractivity contribution in [1.29, 1.82) is 0 Å². The van der Waals surface area contributed by atoms with Crippen molar-refractivity contribution in [1.82, 2.24) is 9.88 Å². The van der Waals surface area contributed by atoms with E-state index in [0.29, 0.717) is 25.3 Å². The first-order valence-electron chi connectivity index (χ1n) is 9.07. The van der Waals surface area contributed by atoms with E-state index in [1.807, 2.05) is 48.2 Å². The molecule has 0 spiro atoms. The Balaban J connectivity index is 1.40. The number of rotatable bonds is 4. The van der Waals surface area contributed by atoms with Gasteiger partial charge in [-0.3, -0.25) is 4.79 Å². The van der Waals surface area contributed by atoms with Gasteiger partial charge in [-0.1, -0.05) is 42.5 Å². The normalized spacial score (nSPS) is 13.5. The van der Waals surface area contributed by atoms with Crippen LogP contribution in [0.25, 0.3) is 11.5 Å². The van der Waals surface area contributed by atoms with Crippen molar-refractivity contribution >= 4 is 5.91 Å². The van der Waals surface area contributed by atoms with Crippen LogP contribution in [0.15, 0.2) is 59.0 Å². The lowest BCUT2D eigenvalue weighted by Gasteiger charge is -2.28. The molecule has 2 aromatic carbocycles. The lowest BCUT2D eigenvalue weighted by atomic mass is 9.99. The maximum absolute atomic E-state index is 12.6. The fraction of sp³-hybridized carbons (Fsp3) is 0.273. The largest absolute Gasteiger partial charge is 0.441 e. The Kier molecular flexibility index (Phi) is 4.57. The second kappa shape index (κ2) is 7.16. The number of aryl methyl sites for hydroxylation is 2. The minimum absolute atomic E-state index is 0.183. The Morgan fingerprint density at radius 3 is 2.62 bits per heavy atom. The van der Waals surface area contributed by atoms with E-state index in [9.17, 15) is 4.79 Å². The SMILES string of the molecule is Cc1oc(-c2ccccc2)nc1CCC(=O)N1CCc2ccccc2C1. The molecule has 26 heavy (non-hydrogen) atoms. The van der Waals surface area contributed by atoms with Crippen LogP contribution in [0.3, 0.4) is 0 Å². The van der Waals surface area contributed by atoms with Crippen molar-refractivity contribution in [2.75, 3.05) is 6.54 Å². The molecule has 0 saturated heterocycles. The Hall–Kier alpha value is -2.88. The van der Waals surface area contributed by atoms with E-state index < -0.39 is 0 Å². The monoisotopic (exact) mass is 346 g/mol. The van der Waals surface area contributed by atoms with Crippen molar-refractivity contribution < 1.29 is 9.21 Å². The first-order valence-corrected chi connectivity index (χ1v) is 9.07. The quantitative estimate of drug-likeness (QED) is 0.712. The van der Waals surface area contributed by atoms with Gasteiger partial charge in [-0.25, -0.2) is 4.98 Å². The second-order valence-electron chi connectivity index (χ2n) is 6.72. The molecule has 132 valence electrons. The third-order valence-electron chi connectivity index (χ3n) is 4.97. The van der Waals surface area contributed by atoms with Gasteiger partial charge in [0, 0.05) is 31.5 Å². The molecular formula is C22H22N2O2. The van der Waals surface area contributed by atoms with Crippen molar-refractivity contribution in [3.05, 3.63) is 77.2 Å². The van der Waals surface area contributed by atoms with E-state index in [4.69, 9.17) is 4.42 Å². The molecule has 4 heteroatoms. The molecule has 0 radical (unpaired) electrons. The molecule has 0 N–H and O–H groups in total. The molecule has 0 atom stereocenters. The van der Waals surface area contributed by atoms with Gasteiger partial charge in [0.05, 0.1) is 5.69 Å². The lowest BCUT2D eigenvalue weighted by Crippen LogP contribution is -2.36. The van der Waals surface area contributed by atoms with Gasteiger partial charge in [0.15, 0.2) is 0 Å². The molecule has 1 amide bonds. The summed E-state index contributed by atoms with van der Waals surface area (Å²) >= 11 is 0. The number of hydrogen-bond donors (Lipinski definition) is 0. The summed E-state index contributed by atoms with van der Waals surface area (Å²) in [5.41, 5.74) is 4.45. The van der Waals surface area contributed by atoms with E-state index in [1.54, 1.807) is 0 Å². The molecule has 1 aliphatic heterocycles. The zero-order chi connectivity index (χ0) is 17.9. The average molecular weight is 346 g/mol. The van der Waals surface area contributed by atoms with E-state index in [1.165, 1.54) is 11.1 Å². The Labute approximate surface area is 153 Å². The van der Waals surface area contributed by atoms with Gasteiger partial charge in [0.1, 0.15) is 5.76 Å². The topological polar surface area (TPSA) is 46.3 Å². The average Bonchev–Trinajstić information content (AvgIpc) is 3.07. The summed E-state index contributed by atoms with van der Waals surface area (Å²) in [7, 11) is 0. The summed E-state index contributed by atoms with van der Waals surface area (Å²) in [5.74, 6) is 1.60. The highest BCUT2D eigenvalue weighted by Crippen LogP contribution is 2.23. The molecule has 2 heterocycles. The van der Waals surface area contributed by atoms with Gasteiger partial charge < -0.3 is 9.32 Å². The highest BCUT2D eigenvalue weighted by atomic mass is 16.4. The van der Waals surface area contributed by atoms with Crippen LogP contribution in [0, 0.1) is 6.92 Å². The summed E-state index contributed by atoms with van der Waals surface area (Å²) in [6.07, 6.45) is 2.01. The second-order valence-corrected chi connectivity index (χ2v) is 6.72. The number of carbonyl (C=O) groups is 1. The smallest absolute Gasteiger partial charge is 0.226 e. The summed E-state index contributed by atoms with van der Waals surface area (Å²) in [6.45, 7) is 3.42. The lowest BCUT2D eigenvalue weighted by molar-refractivity contribution is -0.132. The third-order valence-corrected chi connectivity index (χ3v) is 4.97. The molecule has 0 bridgehead atoms. The predicted octanol–water partition coefficient (Wildman–Crippen LogP) is 4.17. The number of aromatic nitrogens is 1. The first-order chi connectivity index (χ1) is 12.7. The van der Waals surface area contributed by atoms with Crippen LogP contribution in [-0.4, -0.2) is 22.3 Å². The molecule has 1 aromatic heterocycles. The van der Waals surface area contributed by atoms with Crippen molar-refractivity contribution in [3.8, 4) is 11.5 Å². The minimum Gasteiger partial charge on any atom is -0.441 e. The van der Waals surface area contributed by atoms with Crippen molar-refractivity contribution in [3.63, 3.8) is 0 Å². The molecule has 0 aliphatic carbocycles. The van der Waals surface area contributed by atoms with Gasteiger partial charge in [0.25, 0.3) is 0 Å². The number of carbonyl (C=O) groups excluding carboxylic acids is 1. The Morgan fingerprint density at radius 1 is 1.08 bits per heavy atom. The maximum atomic E-state index is 12.6. The standard InChI is InChI=1S/C22H22N2O2/c1-16-20(23-22(26-16)18-8-3-2-4-9-18)11-12-21(25)24-14-13-17-7-5-6-10-19(17)15-24/h2-10H,11-15H2,1H3. The third kappa shape index (κ3) is 3.40. The predicted molar refractivity (Wildman–Crippen MR) is 101 cm³/mol. The summed E-state index contributed by atoms with van der Waals surface area (Å²) in [5, 5.41) is 0. The van der Waals surface area contributed by atoms with Crippen LogP contribution in [-0.2, 0) is 24.2 Å². The highest BCUT2D eigenvalue weighted by Gasteiger charge is 2.21. The zero-order valence-electron chi connectivity index (χ0n) is 14.9.